The second-order valence-corrected chi connectivity index (χ2v) is 11.9. The molecule has 0 bridgehead atoms. The van der Waals surface area contributed by atoms with E-state index in [9.17, 15) is 39.3 Å². The maximum absolute atomic E-state index is 13.0. The molecule has 2 aromatic rings. The van der Waals surface area contributed by atoms with Gasteiger partial charge < -0.3 is 26.4 Å². The second-order valence-electron chi connectivity index (χ2n) is 11.9. The number of nitrogens with one attached hydrogen (secondary N) is 2. The average molecular weight is 686 g/mol. The molecule has 1 heterocycles. The molecule has 0 aromatic heterocycles. The smallest absolute Gasteiger partial charge is 0.317 e. The molecular formula is C33H47N7O9. The van der Waals surface area contributed by atoms with Crippen molar-refractivity contribution in [2.24, 2.45) is 5.73 Å². The SMILES string of the molecule is N[C@H](Cc1ccc(CNC(=O)CN2CCN(CC(=O)O)CCN(CC(=O)O)CCN(CC(=O)O)CC2)cc1)C(=O)NOCc1ccccc1. The zero-order chi connectivity index (χ0) is 35.6. The highest BCUT2D eigenvalue weighted by molar-refractivity contribution is 5.80. The Morgan fingerprint density at radius 2 is 1.06 bits per heavy atom. The number of hydroxylamine groups is 1. The van der Waals surface area contributed by atoms with Crippen molar-refractivity contribution in [1.82, 2.24) is 30.4 Å². The van der Waals surface area contributed by atoms with Crippen molar-refractivity contribution in [2.75, 3.05) is 78.5 Å². The summed E-state index contributed by atoms with van der Waals surface area (Å²) in [6.07, 6.45) is 0.289. The number of hydrogen-bond donors (Lipinski definition) is 6. The minimum absolute atomic E-state index is 0.0152. The third-order valence-corrected chi connectivity index (χ3v) is 7.93. The van der Waals surface area contributed by atoms with E-state index < -0.39 is 29.9 Å². The molecule has 7 N–H and O–H groups in total. The van der Waals surface area contributed by atoms with Crippen LogP contribution < -0.4 is 16.5 Å². The number of amides is 2. The molecular weight excluding hydrogens is 638 g/mol. The molecule has 2 aromatic carbocycles. The molecule has 0 saturated carbocycles. The van der Waals surface area contributed by atoms with E-state index in [1.54, 1.807) is 14.7 Å². The Morgan fingerprint density at radius 1 is 0.633 bits per heavy atom. The molecule has 0 spiro atoms. The standard InChI is InChI=1S/C33H47N7O9/c34-28(33(48)36-49-24-27-4-2-1-3-5-27)18-25-6-8-26(9-7-25)19-35-29(41)20-37-10-12-38(21-30(42)43)14-16-40(23-32(46)47)17-15-39(13-11-37)22-31(44)45/h1-9,28H,10-24,34H2,(H,35,41)(H,36,48)(H,42,43)(H,44,45)(H,46,47)/t28-/m1/s1. The maximum atomic E-state index is 13.0. The van der Waals surface area contributed by atoms with Gasteiger partial charge in [-0.15, -0.1) is 0 Å². The minimum Gasteiger partial charge on any atom is -0.480 e. The second kappa shape index (κ2) is 20.8. The molecule has 0 unspecified atom stereocenters. The van der Waals surface area contributed by atoms with E-state index in [0.717, 1.165) is 16.7 Å². The van der Waals surface area contributed by atoms with E-state index in [1.807, 2.05) is 59.5 Å². The van der Waals surface area contributed by atoms with Crippen LogP contribution in [0.5, 0.6) is 0 Å². The van der Waals surface area contributed by atoms with E-state index in [2.05, 4.69) is 10.8 Å². The van der Waals surface area contributed by atoms with Gasteiger partial charge in [-0.1, -0.05) is 54.6 Å². The van der Waals surface area contributed by atoms with Crippen LogP contribution in [0.3, 0.4) is 0 Å². The van der Waals surface area contributed by atoms with E-state index in [0.29, 0.717) is 52.4 Å². The third kappa shape index (κ3) is 16.0. The Morgan fingerprint density at radius 3 is 1.51 bits per heavy atom. The van der Waals surface area contributed by atoms with Gasteiger partial charge in [0.05, 0.1) is 38.8 Å². The summed E-state index contributed by atoms with van der Waals surface area (Å²) < 4.78 is 0. The van der Waals surface area contributed by atoms with Crippen molar-refractivity contribution in [3.05, 3.63) is 71.3 Å². The van der Waals surface area contributed by atoms with Gasteiger partial charge in [-0.05, 0) is 23.1 Å². The van der Waals surface area contributed by atoms with Crippen molar-refractivity contribution in [3.63, 3.8) is 0 Å². The van der Waals surface area contributed by atoms with Gasteiger partial charge in [-0.2, -0.15) is 0 Å². The third-order valence-electron chi connectivity index (χ3n) is 7.93. The van der Waals surface area contributed by atoms with E-state index >= 15 is 0 Å². The van der Waals surface area contributed by atoms with Crippen molar-refractivity contribution in [1.29, 1.82) is 0 Å². The van der Waals surface area contributed by atoms with Crippen molar-refractivity contribution < 1.29 is 44.1 Å². The number of carboxylic acids is 3. The van der Waals surface area contributed by atoms with Gasteiger partial charge in [0, 0.05) is 58.9 Å². The molecule has 2 amide bonds. The summed E-state index contributed by atoms with van der Waals surface area (Å²) in [5, 5.41) is 31.0. The highest BCUT2D eigenvalue weighted by Crippen LogP contribution is 2.08. The van der Waals surface area contributed by atoms with Gasteiger partial charge in [0.25, 0.3) is 5.91 Å². The predicted octanol–water partition coefficient (Wildman–Crippen LogP) is -1.10. The number of carboxylic acid groups (broad SMARTS) is 3. The number of nitrogens with two attached hydrogens (primary N) is 1. The molecule has 16 nitrogen and oxygen atoms in total. The number of rotatable bonds is 16. The highest BCUT2D eigenvalue weighted by atomic mass is 16.6. The first-order chi connectivity index (χ1) is 23.5. The van der Waals surface area contributed by atoms with Gasteiger partial charge >= 0.3 is 17.9 Å². The molecule has 268 valence electrons. The van der Waals surface area contributed by atoms with Crippen LogP contribution in [-0.2, 0) is 48.4 Å². The fourth-order valence-corrected chi connectivity index (χ4v) is 5.22. The van der Waals surface area contributed by atoms with Crippen LogP contribution in [0.4, 0.5) is 0 Å². The Kier molecular flexibility index (Phi) is 16.6. The largest absolute Gasteiger partial charge is 0.480 e. The lowest BCUT2D eigenvalue weighted by Crippen LogP contribution is -2.49. The Balaban J connectivity index is 1.51. The molecule has 1 saturated heterocycles. The van der Waals surface area contributed by atoms with Crippen molar-refractivity contribution >= 4 is 29.7 Å². The quantitative estimate of drug-likeness (QED) is 0.116. The molecule has 1 aliphatic heterocycles. The fourth-order valence-electron chi connectivity index (χ4n) is 5.22. The number of nitrogens with zero attached hydrogens (tertiary/aromatic N) is 4. The fraction of sp³-hybridized carbons (Fsp3) is 0.485. The number of aliphatic carboxylic acids is 3. The van der Waals surface area contributed by atoms with Gasteiger partial charge in [-0.3, -0.25) is 48.4 Å². The number of carbonyl (C=O) groups excluding carboxylic acids is 2. The Labute approximate surface area is 285 Å². The summed E-state index contributed by atoms with van der Waals surface area (Å²) >= 11 is 0. The zero-order valence-electron chi connectivity index (χ0n) is 27.5. The van der Waals surface area contributed by atoms with Crippen LogP contribution in [0.15, 0.2) is 54.6 Å². The van der Waals surface area contributed by atoms with E-state index in [-0.39, 0.29) is 51.7 Å². The maximum Gasteiger partial charge on any atom is 0.317 e. The topological polar surface area (TPSA) is 218 Å². The summed E-state index contributed by atoms with van der Waals surface area (Å²) in [4.78, 5) is 71.9. The van der Waals surface area contributed by atoms with Gasteiger partial charge in [0.1, 0.15) is 0 Å². The molecule has 16 heteroatoms. The summed E-state index contributed by atoms with van der Waals surface area (Å²) in [5.41, 5.74) is 11.0. The van der Waals surface area contributed by atoms with Crippen LogP contribution in [0.25, 0.3) is 0 Å². The lowest BCUT2D eigenvalue weighted by Gasteiger charge is -2.32. The molecule has 3 rings (SSSR count). The van der Waals surface area contributed by atoms with Crippen molar-refractivity contribution in [3.8, 4) is 0 Å². The van der Waals surface area contributed by atoms with Crippen LogP contribution >= 0.6 is 0 Å². The molecule has 1 fully saturated rings. The molecule has 0 radical (unpaired) electrons. The molecule has 1 atom stereocenters. The molecule has 1 aliphatic rings. The summed E-state index contributed by atoms with van der Waals surface area (Å²) in [6, 6.07) is 15.9. The lowest BCUT2D eigenvalue weighted by molar-refractivity contribution is -0.140. The lowest BCUT2D eigenvalue weighted by atomic mass is 10.0. The minimum atomic E-state index is -1.02. The summed E-state index contributed by atoms with van der Waals surface area (Å²) in [5.74, 6) is -3.75. The normalized spacial score (nSPS) is 16.5. The monoisotopic (exact) mass is 685 g/mol. The molecule has 0 aliphatic carbocycles. The Hall–Kier alpha value is -4.45. The average Bonchev–Trinajstić information content (AvgIpc) is 3.05. The predicted molar refractivity (Wildman–Crippen MR) is 178 cm³/mol. The van der Waals surface area contributed by atoms with E-state index in [4.69, 9.17) is 10.6 Å². The number of carbonyl (C=O) groups is 5. The summed E-state index contributed by atoms with van der Waals surface area (Å²) in [6.45, 7) is 2.29. The number of hydrogen-bond acceptors (Lipinski definition) is 11. The highest BCUT2D eigenvalue weighted by Gasteiger charge is 2.21. The summed E-state index contributed by atoms with van der Waals surface area (Å²) in [7, 11) is 0. The first-order valence-corrected chi connectivity index (χ1v) is 16.1. The van der Waals surface area contributed by atoms with E-state index in [1.165, 1.54) is 0 Å². The Bertz CT molecular complexity index is 1330. The van der Waals surface area contributed by atoms with Crippen LogP contribution in [-0.4, -0.2) is 149 Å². The van der Waals surface area contributed by atoms with Crippen LogP contribution in [0, 0.1) is 0 Å². The molecule has 49 heavy (non-hydrogen) atoms. The van der Waals surface area contributed by atoms with Gasteiger partial charge in [0.2, 0.25) is 5.91 Å². The van der Waals surface area contributed by atoms with Gasteiger partial charge in [0.15, 0.2) is 0 Å². The zero-order valence-corrected chi connectivity index (χ0v) is 27.5. The van der Waals surface area contributed by atoms with Crippen LogP contribution in [0.1, 0.15) is 16.7 Å². The van der Waals surface area contributed by atoms with Gasteiger partial charge in [-0.25, -0.2) is 5.48 Å². The first kappa shape index (κ1) is 39.0. The number of benzene rings is 2. The first-order valence-electron chi connectivity index (χ1n) is 16.1. The van der Waals surface area contributed by atoms with Crippen molar-refractivity contribution in [2.45, 2.75) is 25.6 Å². The van der Waals surface area contributed by atoms with Crippen LogP contribution in [0.2, 0.25) is 0 Å².